The summed E-state index contributed by atoms with van der Waals surface area (Å²) in [4.78, 5) is 36.3. The summed E-state index contributed by atoms with van der Waals surface area (Å²) in [5, 5.41) is 0. The van der Waals surface area contributed by atoms with Crippen molar-refractivity contribution < 1.29 is 19.1 Å². The molecular weight excluding hydrogens is 320 g/mol. The van der Waals surface area contributed by atoms with Crippen LogP contribution in [-0.2, 0) is 14.3 Å². The number of piperidine rings is 1. The lowest BCUT2D eigenvalue weighted by atomic mass is 9.92. The Balaban J connectivity index is 1.83. The van der Waals surface area contributed by atoms with Crippen molar-refractivity contribution >= 4 is 23.9 Å². The van der Waals surface area contributed by atoms with Gasteiger partial charge in [-0.15, -0.1) is 0 Å². The van der Waals surface area contributed by atoms with Gasteiger partial charge in [-0.25, -0.2) is 4.79 Å². The lowest BCUT2D eigenvalue weighted by Crippen LogP contribution is -2.37. The van der Waals surface area contributed by atoms with Gasteiger partial charge < -0.3 is 15.4 Å². The zero-order valence-electron chi connectivity index (χ0n) is 14.4. The van der Waals surface area contributed by atoms with E-state index in [0.29, 0.717) is 31.0 Å². The summed E-state index contributed by atoms with van der Waals surface area (Å²) >= 11 is 0. The Morgan fingerprint density at radius 3 is 2.40 bits per heavy atom. The highest BCUT2D eigenvalue weighted by atomic mass is 16.5. The van der Waals surface area contributed by atoms with Crippen molar-refractivity contribution in [3.8, 4) is 0 Å². The predicted molar refractivity (Wildman–Crippen MR) is 94.5 cm³/mol. The molecule has 6 heteroatoms. The van der Waals surface area contributed by atoms with Crippen LogP contribution in [0.15, 0.2) is 30.3 Å². The fourth-order valence-corrected chi connectivity index (χ4v) is 2.91. The van der Waals surface area contributed by atoms with E-state index >= 15 is 0 Å². The summed E-state index contributed by atoms with van der Waals surface area (Å²) in [7, 11) is 1.34. The molecule has 1 saturated heterocycles. The van der Waals surface area contributed by atoms with E-state index in [2.05, 4.69) is 4.74 Å². The molecule has 0 atom stereocenters. The van der Waals surface area contributed by atoms with Crippen LogP contribution >= 0.6 is 0 Å². The van der Waals surface area contributed by atoms with Crippen molar-refractivity contribution in [3.63, 3.8) is 0 Å². The van der Waals surface area contributed by atoms with Gasteiger partial charge in [0, 0.05) is 25.6 Å². The number of nitrogens with two attached hydrogens (primary N) is 1. The van der Waals surface area contributed by atoms with Gasteiger partial charge in [0.2, 0.25) is 11.8 Å². The molecule has 1 aromatic rings. The van der Waals surface area contributed by atoms with Crippen molar-refractivity contribution in [2.45, 2.75) is 25.7 Å². The van der Waals surface area contributed by atoms with Crippen molar-refractivity contribution in [2.24, 2.45) is 11.7 Å². The van der Waals surface area contributed by atoms with Gasteiger partial charge in [-0.3, -0.25) is 9.59 Å². The normalized spacial score (nSPS) is 15.3. The van der Waals surface area contributed by atoms with E-state index in [1.165, 1.54) is 7.11 Å². The van der Waals surface area contributed by atoms with E-state index in [0.717, 1.165) is 24.8 Å². The number of rotatable bonds is 6. The van der Waals surface area contributed by atoms with Crippen molar-refractivity contribution in [2.75, 3.05) is 20.2 Å². The number of benzene rings is 1. The summed E-state index contributed by atoms with van der Waals surface area (Å²) < 4.78 is 4.65. The molecule has 25 heavy (non-hydrogen) atoms. The second kappa shape index (κ2) is 9.01. The number of methoxy groups -OCH3 is 1. The first-order chi connectivity index (χ1) is 12.0. The SMILES string of the molecule is COC(=O)c1ccc(C=CC(=O)N2CCC(CCC(N)=O)CC2)cc1. The minimum Gasteiger partial charge on any atom is -0.465 e. The van der Waals surface area contributed by atoms with Gasteiger partial charge in [-0.2, -0.15) is 0 Å². The van der Waals surface area contributed by atoms with Crippen molar-refractivity contribution in [1.29, 1.82) is 0 Å². The third-order valence-corrected chi connectivity index (χ3v) is 4.48. The van der Waals surface area contributed by atoms with Crippen molar-refractivity contribution in [3.05, 3.63) is 41.5 Å². The standard InChI is InChI=1S/C19H24N2O4/c1-25-19(24)16-6-2-14(3-7-16)5-9-18(23)21-12-10-15(11-13-21)4-8-17(20)22/h2-3,5-7,9,15H,4,8,10-13H2,1H3,(H2,20,22). The molecule has 0 saturated carbocycles. The van der Waals surface area contributed by atoms with Gasteiger partial charge in [0.15, 0.2) is 0 Å². The van der Waals surface area contributed by atoms with E-state index in [4.69, 9.17) is 5.73 Å². The molecule has 1 aliphatic rings. The van der Waals surface area contributed by atoms with E-state index < -0.39 is 0 Å². The topological polar surface area (TPSA) is 89.7 Å². The third-order valence-electron chi connectivity index (χ3n) is 4.48. The number of ether oxygens (including phenoxy) is 1. The van der Waals surface area contributed by atoms with Gasteiger partial charge in [-0.1, -0.05) is 12.1 Å². The number of esters is 1. The Morgan fingerprint density at radius 1 is 1.20 bits per heavy atom. The monoisotopic (exact) mass is 344 g/mol. The van der Waals surface area contributed by atoms with Crippen LogP contribution in [0, 0.1) is 5.92 Å². The molecule has 0 bridgehead atoms. The summed E-state index contributed by atoms with van der Waals surface area (Å²) in [6, 6.07) is 6.87. The van der Waals surface area contributed by atoms with Crippen LogP contribution in [0.25, 0.3) is 6.08 Å². The van der Waals surface area contributed by atoms with Gasteiger partial charge in [0.25, 0.3) is 0 Å². The molecular formula is C19H24N2O4. The van der Waals surface area contributed by atoms with Crippen LogP contribution in [0.2, 0.25) is 0 Å². The van der Waals surface area contributed by atoms with E-state index in [-0.39, 0.29) is 17.8 Å². The molecule has 2 rings (SSSR count). The van der Waals surface area contributed by atoms with Crippen molar-refractivity contribution in [1.82, 2.24) is 4.90 Å². The average molecular weight is 344 g/mol. The lowest BCUT2D eigenvalue weighted by Gasteiger charge is -2.31. The minimum atomic E-state index is -0.384. The first kappa shape index (κ1) is 18.7. The maximum Gasteiger partial charge on any atom is 0.337 e. The first-order valence-electron chi connectivity index (χ1n) is 8.43. The fraction of sp³-hybridized carbons (Fsp3) is 0.421. The summed E-state index contributed by atoms with van der Waals surface area (Å²) in [5.74, 6) is -0.206. The minimum absolute atomic E-state index is 0.0228. The third kappa shape index (κ3) is 5.74. The quantitative estimate of drug-likeness (QED) is 0.631. The Bertz CT molecular complexity index is 644. The number of nitrogens with zero attached hydrogens (tertiary/aromatic N) is 1. The largest absolute Gasteiger partial charge is 0.465 e. The molecule has 0 aliphatic carbocycles. The molecule has 2 amide bonds. The highest BCUT2D eigenvalue weighted by Gasteiger charge is 2.21. The zero-order valence-corrected chi connectivity index (χ0v) is 14.4. The number of hydrogen-bond donors (Lipinski definition) is 1. The average Bonchev–Trinajstić information content (AvgIpc) is 2.64. The molecule has 1 fully saturated rings. The number of carbonyl (C=O) groups is 3. The number of carbonyl (C=O) groups excluding carboxylic acids is 3. The van der Waals surface area contributed by atoms with Gasteiger partial charge >= 0.3 is 5.97 Å². The second-order valence-electron chi connectivity index (χ2n) is 6.22. The summed E-state index contributed by atoms with van der Waals surface area (Å²) in [5.41, 5.74) is 6.50. The zero-order chi connectivity index (χ0) is 18.2. The van der Waals surface area contributed by atoms with E-state index in [1.807, 2.05) is 4.90 Å². The van der Waals surface area contributed by atoms with Crippen LogP contribution in [0.3, 0.4) is 0 Å². The van der Waals surface area contributed by atoms with E-state index in [1.54, 1.807) is 36.4 Å². The molecule has 134 valence electrons. The highest BCUT2D eigenvalue weighted by molar-refractivity contribution is 5.92. The first-order valence-corrected chi connectivity index (χ1v) is 8.43. The Kier molecular flexibility index (Phi) is 6.74. The molecule has 0 spiro atoms. The molecule has 0 radical (unpaired) electrons. The molecule has 1 aromatic carbocycles. The maximum absolute atomic E-state index is 12.3. The van der Waals surface area contributed by atoms with Crippen LogP contribution in [0.5, 0.6) is 0 Å². The van der Waals surface area contributed by atoms with Gasteiger partial charge in [0.05, 0.1) is 12.7 Å². The molecule has 2 N–H and O–H groups in total. The Hall–Kier alpha value is -2.63. The second-order valence-corrected chi connectivity index (χ2v) is 6.22. The number of hydrogen-bond acceptors (Lipinski definition) is 4. The van der Waals surface area contributed by atoms with Gasteiger partial charge in [-0.05, 0) is 49.0 Å². The van der Waals surface area contributed by atoms with Gasteiger partial charge in [0.1, 0.15) is 0 Å². The van der Waals surface area contributed by atoms with Crippen LogP contribution in [0.1, 0.15) is 41.6 Å². The Morgan fingerprint density at radius 2 is 1.84 bits per heavy atom. The van der Waals surface area contributed by atoms with E-state index in [9.17, 15) is 14.4 Å². The molecule has 0 aromatic heterocycles. The highest BCUT2D eigenvalue weighted by Crippen LogP contribution is 2.22. The molecule has 1 heterocycles. The number of likely N-dealkylation sites (tertiary alicyclic amines) is 1. The maximum atomic E-state index is 12.3. The summed E-state index contributed by atoms with van der Waals surface area (Å²) in [6.07, 6.45) is 6.32. The molecule has 6 nitrogen and oxygen atoms in total. The number of primary amides is 1. The predicted octanol–water partition coefficient (Wildman–Crippen LogP) is 1.99. The Labute approximate surface area is 147 Å². The lowest BCUT2D eigenvalue weighted by molar-refractivity contribution is -0.127. The van der Waals surface area contributed by atoms with Crippen LogP contribution in [0.4, 0.5) is 0 Å². The van der Waals surface area contributed by atoms with Crippen LogP contribution in [-0.4, -0.2) is 42.9 Å². The number of amides is 2. The summed E-state index contributed by atoms with van der Waals surface area (Å²) in [6.45, 7) is 1.40. The van der Waals surface area contributed by atoms with Crippen LogP contribution < -0.4 is 5.73 Å². The smallest absolute Gasteiger partial charge is 0.337 e. The molecule has 0 unspecified atom stereocenters. The fourth-order valence-electron chi connectivity index (χ4n) is 2.91. The molecule has 1 aliphatic heterocycles.